The molecule has 3 nitrogen and oxygen atoms in total. The average Bonchev–Trinajstić information content (AvgIpc) is 2.39. The first kappa shape index (κ1) is 22.3. The zero-order chi connectivity index (χ0) is 18.4. The van der Waals surface area contributed by atoms with Crippen LogP contribution in [0.4, 0.5) is 0 Å². The third kappa shape index (κ3) is 8.64. The second-order valence-electron chi connectivity index (χ2n) is 9.34. The number of nitrogens with two attached hydrogens (primary N) is 1. The van der Waals surface area contributed by atoms with Crippen LogP contribution in [0, 0.1) is 22.7 Å². The summed E-state index contributed by atoms with van der Waals surface area (Å²) in [5.41, 5.74) is 5.21. The van der Waals surface area contributed by atoms with E-state index in [1.807, 2.05) is 34.6 Å². The highest BCUT2D eigenvalue weighted by atomic mass is 16.1. The van der Waals surface area contributed by atoms with Crippen molar-refractivity contribution < 1.29 is 9.59 Å². The number of hydrogen-bond donors (Lipinski definition) is 1. The molecule has 2 N–H and O–H groups in total. The van der Waals surface area contributed by atoms with Crippen molar-refractivity contribution in [2.24, 2.45) is 28.4 Å². The van der Waals surface area contributed by atoms with Crippen LogP contribution in [-0.4, -0.2) is 17.6 Å². The molecule has 2 atom stereocenters. The van der Waals surface area contributed by atoms with Crippen LogP contribution < -0.4 is 5.73 Å². The highest BCUT2D eigenvalue weighted by Gasteiger charge is 2.31. The summed E-state index contributed by atoms with van der Waals surface area (Å²) in [6.07, 6.45) is 4.04. The number of hydrogen-bond acceptors (Lipinski definition) is 3. The molecule has 0 aromatic heterocycles. The molecule has 0 aliphatic rings. The highest BCUT2D eigenvalue weighted by Crippen LogP contribution is 2.30. The van der Waals surface area contributed by atoms with Gasteiger partial charge in [-0.05, 0) is 37.5 Å². The summed E-state index contributed by atoms with van der Waals surface area (Å²) in [5.74, 6) is 1.61. The van der Waals surface area contributed by atoms with Gasteiger partial charge in [0.2, 0.25) is 0 Å². The molecule has 0 spiro atoms. The quantitative estimate of drug-likeness (QED) is 0.629. The topological polar surface area (TPSA) is 60.2 Å². The van der Waals surface area contributed by atoms with E-state index in [9.17, 15) is 9.59 Å². The molecule has 0 saturated heterocycles. The molecule has 0 aliphatic heterocycles. The Morgan fingerprint density at radius 2 is 1.48 bits per heavy atom. The average molecular weight is 326 g/mol. The van der Waals surface area contributed by atoms with E-state index in [0.717, 1.165) is 12.8 Å². The van der Waals surface area contributed by atoms with Crippen LogP contribution in [0.3, 0.4) is 0 Å². The first-order valence-electron chi connectivity index (χ1n) is 9.10. The molecule has 0 fully saturated rings. The van der Waals surface area contributed by atoms with Crippen molar-refractivity contribution in [3.8, 4) is 0 Å². The fraction of sp³-hybridized carbons (Fsp3) is 0.900. The van der Waals surface area contributed by atoms with Gasteiger partial charge in [0.05, 0.1) is 6.04 Å². The summed E-state index contributed by atoms with van der Waals surface area (Å²) >= 11 is 0. The first-order chi connectivity index (χ1) is 10.3. The molecular formula is C20H39NO2. The molecule has 23 heavy (non-hydrogen) atoms. The van der Waals surface area contributed by atoms with E-state index in [4.69, 9.17) is 5.73 Å². The highest BCUT2D eigenvalue weighted by molar-refractivity contribution is 5.89. The number of carbonyl (C=O) groups excluding carboxylic acids is 2. The van der Waals surface area contributed by atoms with E-state index in [1.54, 1.807) is 0 Å². The van der Waals surface area contributed by atoms with Gasteiger partial charge in [-0.1, -0.05) is 55.4 Å². The Morgan fingerprint density at radius 1 is 0.957 bits per heavy atom. The first-order valence-corrected chi connectivity index (χ1v) is 9.10. The molecule has 136 valence electrons. The Labute approximate surface area is 143 Å². The largest absolute Gasteiger partial charge is 0.321 e. The van der Waals surface area contributed by atoms with Gasteiger partial charge in [-0.25, -0.2) is 0 Å². The Hall–Kier alpha value is -0.700. The molecule has 0 saturated carbocycles. The number of rotatable bonds is 10. The molecule has 2 unspecified atom stereocenters. The molecule has 3 heteroatoms. The lowest BCUT2D eigenvalue weighted by Crippen LogP contribution is -2.39. The van der Waals surface area contributed by atoms with Crippen molar-refractivity contribution in [1.82, 2.24) is 0 Å². The van der Waals surface area contributed by atoms with E-state index in [-0.39, 0.29) is 17.0 Å². The zero-order valence-corrected chi connectivity index (χ0v) is 16.7. The van der Waals surface area contributed by atoms with Crippen LogP contribution in [0.25, 0.3) is 0 Å². The van der Waals surface area contributed by atoms with Crippen LogP contribution >= 0.6 is 0 Å². The van der Waals surface area contributed by atoms with Gasteiger partial charge in [-0.3, -0.25) is 9.59 Å². The van der Waals surface area contributed by atoms with Crippen LogP contribution in [0.15, 0.2) is 0 Å². The van der Waals surface area contributed by atoms with Gasteiger partial charge in [-0.2, -0.15) is 0 Å². The molecule has 0 aliphatic carbocycles. The number of carbonyl (C=O) groups is 2. The Kier molecular flexibility index (Phi) is 8.69. The minimum absolute atomic E-state index is 0.0358. The maximum absolute atomic E-state index is 12.5. The van der Waals surface area contributed by atoms with Gasteiger partial charge in [0.15, 0.2) is 5.78 Å². The van der Waals surface area contributed by atoms with Gasteiger partial charge in [0.1, 0.15) is 5.78 Å². The third-order valence-corrected chi connectivity index (χ3v) is 4.65. The minimum Gasteiger partial charge on any atom is -0.321 e. The summed E-state index contributed by atoms with van der Waals surface area (Å²) in [4.78, 5) is 24.6. The summed E-state index contributed by atoms with van der Waals surface area (Å²) in [7, 11) is 0. The van der Waals surface area contributed by atoms with Gasteiger partial charge in [-0.15, -0.1) is 0 Å². The van der Waals surface area contributed by atoms with Crippen LogP contribution in [0.2, 0.25) is 0 Å². The summed E-state index contributed by atoms with van der Waals surface area (Å²) in [6.45, 7) is 16.4. The third-order valence-electron chi connectivity index (χ3n) is 4.65. The van der Waals surface area contributed by atoms with Gasteiger partial charge >= 0.3 is 0 Å². The van der Waals surface area contributed by atoms with E-state index in [2.05, 4.69) is 20.8 Å². The lowest BCUT2D eigenvalue weighted by Gasteiger charge is -2.27. The van der Waals surface area contributed by atoms with E-state index < -0.39 is 11.5 Å². The maximum Gasteiger partial charge on any atom is 0.154 e. The predicted octanol–water partition coefficient (Wildman–Crippen LogP) is 4.77. The standard InChI is InChI=1S/C20H39NO2/c1-14(2)13-15(3)11-12-20(7,8)17(22)10-9-16(21)18(23)19(4,5)6/h14-16H,9-13,21H2,1-8H3. The summed E-state index contributed by atoms with van der Waals surface area (Å²) in [6, 6.07) is -0.533. The SMILES string of the molecule is CC(C)CC(C)CCC(C)(C)C(=O)CCC(N)C(=O)C(C)(C)C. The molecular weight excluding hydrogens is 286 g/mol. The van der Waals surface area contributed by atoms with Crippen molar-refractivity contribution >= 4 is 11.6 Å². The normalized spacial score (nSPS) is 15.6. The van der Waals surface area contributed by atoms with Crippen LogP contribution in [-0.2, 0) is 9.59 Å². The van der Waals surface area contributed by atoms with Crippen molar-refractivity contribution in [3.63, 3.8) is 0 Å². The van der Waals surface area contributed by atoms with E-state index >= 15 is 0 Å². The fourth-order valence-corrected chi connectivity index (χ4v) is 2.98. The van der Waals surface area contributed by atoms with Crippen molar-refractivity contribution in [1.29, 1.82) is 0 Å². The lowest BCUT2D eigenvalue weighted by molar-refractivity contribution is -0.129. The number of ketones is 2. The van der Waals surface area contributed by atoms with Crippen molar-refractivity contribution in [2.45, 2.75) is 93.5 Å². The predicted molar refractivity (Wildman–Crippen MR) is 98.3 cm³/mol. The molecule has 0 aromatic rings. The molecule has 0 amide bonds. The Morgan fingerprint density at radius 3 is 1.91 bits per heavy atom. The van der Waals surface area contributed by atoms with E-state index in [0.29, 0.717) is 24.7 Å². The molecule has 0 heterocycles. The van der Waals surface area contributed by atoms with Crippen molar-refractivity contribution in [3.05, 3.63) is 0 Å². The van der Waals surface area contributed by atoms with E-state index in [1.165, 1.54) is 6.42 Å². The zero-order valence-electron chi connectivity index (χ0n) is 16.7. The van der Waals surface area contributed by atoms with Crippen LogP contribution in [0.5, 0.6) is 0 Å². The summed E-state index contributed by atoms with van der Waals surface area (Å²) in [5, 5.41) is 0. The van der Waals surface area contributed by atoms with Crippen molar-refractivity contribution in [2.75, 3.05) is 0 Å². The molecule has 0 bridgehead atoms. The lowest BCUT2D eigenvalue weighted by atomic mass is 9.77. The molecule has 0 aromatic carbocycles. The number of Topliss-reactive ketones (excluding diaryl/α,β-unsaturated/α-hetero) is 2. The van der Waals surface area contributed by atoms with Crippen LogP contribution in [0.1, 0.15) is 87.5 Å². The van der Waals surface area contributed by atoms with Gasteiger partial charge < -0.3 is 5.73 Å². The fourth-order valence-electron chi connectivity index (χ4n) is 2.98. The smallest absolute Gasteiger partial charge is 0.154 e. The maximum atomic E-state index is 12.5. The van der Waals surface area contributed by atoms with Gasteiger partial charge in [0.25, 0.3) is 0 Å². The second kappa shape index (κ2) is 8.96. The Balaban J connectivity index is 4.40. The monoisotopic (exact) mass is 325 g/mol. The van der Waals surface area contributed by atoms with Gasteiger partial charge in [0, 0.05) is 17.3 Å². The molecule has 0 radical (unpaired) electrons. The molecule has 0 rings (SSSR count). The Bertz CT molecular complexity index is 391. The second-order valence-corrected chi connectivity index (χ2v) is 9.34. The minimum atomic E-state index is -0.533. The summed E-state index contributed by atoms with van der Waals surface area (Å²) < 4.78 is 0.